The van der Waals surface area contributed by atoms with Gasteiger partial charge in [-0.15, -0.1) is 10.2 Å². The number of hydrogen-bond acceptors (Lipinski definition) is 5. The van der Waals surface area contributed by atoms with Crippen LogP contribution >= 0.6 is 35.0 Å². The quantitative estimate of drug-likeness (QED) is 0.581. The van der Waals surface area contributed by atoms with Crippen molar-refractivity contribution in [3.63, 3.8) is 0 Å². The second-order valence-corrected chi connectivity index (χ2v) is 7.31. The molecule has 2 aromatic carbocycles. The van der Waals surface area contributed by atoms with Gasteiger partial charge in [0.05, 0.1) is 11.8 Å². The summed E-state index contributed by atoms with van der Waals surface area (Å²) in [6.45, 7) is 1.91. The summed E-state index contributed by atoms with van der Waals surface area (Å²) in [6, 6.07) is 14.3. The van der Waals surface area contributed by atoms with Crippen LogP contribution in [0.3, 0.4) is 0 Å². The molecule has 1 unspecified atom stereocenters. The Morgan fingerprint density at radius 1 is 1.08 bits per heavy atom. The molecule has 1 aromatic heterocycles. The summed E-state index contributed by atoms with van der Waals surface area (Å²) >= 11 is 12.9. The zero-order valence-corrected chi connectivity index (χ0v) is 16.1. The number of carbonyl (C=O) groups is 1. The number of thioether (sulfide) groups is 1. The third kappa shape index (κ3) is 5.00. The average Bonchev–Trinajstić information content (AvgIpc) is 3.10. The summed E-state index contributed by atoms with van der Waals surface area (Å²) in [7, 11) is 0. The highest BCUT2D eigenvalue weighted by Gasteiger charge is 2.13. The molecule has 0 spiro atoms. The minimum absolute atomic E-state index is 0.118. The van der Waals surface area contributed by atoms with Crippen molar-refractivity contribution in [1.29, 1.82) is 0 Å². The van der Waals surface area contributed by atoms with E-state index in [1.54, 1.807) is 36.4 Å². The lowest BCUT2D eigenvalue weighted by Crippen LogP contribution is -2.28. The summed E-state index contributed by atoms with van der Waals surface area (Å²) in [4.78, 5) is 12.1. The summed E-state index contributed by atoms with van der Waals surface area (Å²) in [5.74, 6) is 0.447. The lowest BCUT2D eigenvalue weighted by Gasteiger charge is -2.13. The Morgan fingerprint density at radius 3 is 2.35 bits per heavy atom. The molecule has 0 saturated carbocycles. The third-order valence-electron chi connectivity index (χ3n) is 3.57. The van der Waals surface area contributed by atoms with E-state index in [4.69, 9.17) is 27.6 Å². The van der Waals surface area contributed by atoms with Gasteiger partial charge in [-0.05, 0) is 48.9 Å². The highest BCUT2D eigenvalue weighted by atomic mass is 35.5. The first-order chi connectivity index (χ1) is 12.5. The Labute approximate surface area is 165 Å². The summed E-state index contributed by atoms with van der Waals surface area (Å²) in [5.41, 5.74) is 1.75. The number of nitrogens with one attached hydrogen (secondary N) is 1. The van der Waals surface area contributed by atoms with E-state index < -0.39 is 0 Å². The van der Waals surface area contributed by atoms with Gasteiger partial charge >= 0.3 is 0 Å². The Kier molecular flexibility index (Phi) is 6.19. The molecule has 0 saturated heterocycles. The topological polar surface area (TPSA) is 68.0 Å². The molecule has 1 amide bonds. The maximum atomic E-state index is 12.1. The van der Waals surface area contributed by atoms with Crippen LogP contribution in [-0.2, 0) is 4.79 Å². The maximum Gasteiger partial charge on any atom is 0.277 e. The normalized spacial score (nSPS) is 12.0. The van der Waals surface area contributed by atoms with Crippen molar-refractivity contribution in [3.8, 4) is 11.5 Å². The van der Waals surface area contributed by atoms with Crippen molar-refractivity contribution in [2.45, 2.75) is 18.2 Å². The van der Waals surface area contributed by atoms with Crippen molar-refractivity contribution >= 4 is 40.9 Å². The molecule has 3 aromatic rings. The van der Waals surface area contributed by atoms with Gasteiger partial charge in [-0.25, -0.2) is 0 Å². The van der Waals surface area contributed by atoms with Gasteiger partial charge < -0.3 is 9.73 Å². The molecule has 1 N–H and O–H groups in total. The van der Waals surface area contributed by atoms with Crippen molar-refractivity contribution in [2.24, 2.45) is 0 Å². The molecule has 8 heteroatoms. The van der Waals surface area contributed by atoms with E-state index in [1.165, 1.54) is 11.8 Å². The zero-order valence-electron chi connectivity index (χ0n) is 13.8. The van der Waals surface area contributed by atoms with Crippen LogP contribution in [0.15, 0.2) is 58.2 Å². The van der Waals surface area contributed by atoms with Crippen LogP contribution in [0.2, 0.25) is 10.0 Å². The Balaban J connectivity index is 1.53. The van der Waals surface area contributed by atoms with E-state index in [9.17, 15) is 4.79 Å². The van der Waals surface area contributed by atoms with Gasteiger partial charge in [-0.3, -0.25) is 4.79 Å². The van der Waals surface area contributed by atoms with Crippen molar-refractivity contribution in [2.75, 3.05) is 5.75 Å². The van der Waals surface area contributed by atoms with Gasteiger partial charge in [0.2, 0.25) is 11.8 Å². The number of halogens is 2. The monoisotopic (exact) mass is 407 g/mol. The van der Waals surface area contributed by atoms with Gasteiger partial charge in [0.1, 0.15) is 0 Å². The van der Waals surface area contributed by atoms with Crippen molar-refractivity contribution in [3.05, 3.63) is 64.1 Å². The molecule has 26 heavy (non-hydrogen) atoms. The highest BCUT2D eigenvalue weighted by molar-refractivity contribution is 7.99. The minimum Gasteiger partial charge on any atom is -0.411 e. The van der Waals surface area contributed by atoms with E-state index in [-0.39, 0.29) is 17.7 Å². The van der Waals surface area contributed by atoms with Crippen LogP contribution in [0.1, 0.15) is 18.5 Å². The molecule has 5 nitrogen and oxygen atoms in total. The van der Waals surface area contributed by atoms with Crippen molar-refractivity contribution < 1.29 is 9.21 Å². The van der Waals surface area contributed by atoms with E-state index in [0.29, 0.717) is 21.2 Å². The highest BCUT2D eigenvalue weighted by Crippen LogP contribution is 2.24. The Morgan fingerprint density at radius 2 is 1.69 bits per heavy atom. The fourth-order valence-electron chi connectivity index (χ4n) is 2.22. The first-order valence-corrected chi connectivity index (χ1v) is 9.52. The van der Waals surface area contributed by atoms with Gasteiger partial charge in [0.25, 0.3) is 5.22 Å². The van der Waals surface area contributed by atoms with Crippen LogP contribution in [0.4, 0.5) is 0 Å². The van der Waals surface area contributed by atoms with Gasteiger partial charge in [-0.2, -0.15) is 0 Å². The number of hydrogen-bond donors (Lipinski definition) is 1. The van der Waals surface area contributed by atoms with E-state index >= 15 is 0 Å². The number of aromatic nitrogens is 2. The molecule has 0 aliphatic carbocycles. The molecule has 1 heterocycles. The Bertz CT molecular complexity index is 882. The fraction of sp³-hybridized carbons (Fsp3) is 0.167. The first-order valence-electron chi connectivity index (χ1n) is 7.78. The van der Waals surface area contributed by atoms with Gasteiger partial charge in [0.15, 0.2) is 0 Å². The van der Waals surface area contributed by atoms with E-state index in [0.717, 1.165) is 11.1 Å². The van der Waals surface area contributed by atoms with Gasteiger partial charge in [-0.1, -0.05) is 47.1 Å². The number of benzene rings is 2. The lowest BCUT2D eigenvalue weighted by atomic mass is 10.1. The maximum absolute atomic E-state index is 12.1. The zero-order chi connectivity index (χ0) is 18.5. The number of nitrogens with zero attached hydrogens (tertiary/aromatic N) is 2. The van der Waals surface area contributed by atoms with Crippen LogP contribution in [-0.4, -0.2) is 21.9 Å². The molecule has 0 aliphatic rings. The molecular formula is C18H15Cl2N3O2S. The number of carbonyl (C=O) groups excluding carboxylic acids is 1. The third-order valence-corrected chi connectivity index (χ3v) is 4.89. The molecule has 1 atom stereocenters. The summed E-state index contributed by atoms with van der Waals surface area (Å²) in [5, 5.41) is 12.5. The minimum atomic E-state index is -0.122. The largest absolute Gasteiger partial charge is 0.411 e. The molecule has 3 rings (SSSR count). The predicted octanol–water partition coefficient (Wildman–Crippen LogP) is 5.01. The Hall–Kier alpha value is -2.02. The molecule has 0 bridgehead atoms. The van der Waals surface area contributed by atoms with Crippen LogP contribution < -0.4 is 5.32 Å². The standard InChI is InChI=1S/C18H15Cl2N3O2S/c1-11(12-2-6-14(19)7-3-12)21-16(24)10-26-18-23-22-17(25-18)13-4-8-15(20)9-5-13/h2-9,11H,10H2,1H3,(H,21,24). The molecule has 0 radical (unpaired) electrons. The first kappa shape index (κ1) is 18.8. The smallest absolute Gasteiger partial charge is 0.277 e. The lowest BCUT2D eigenvalue weighted by molar-refractivity contribution is -0.119. The predicted molar refractivity (Wildman–Crippen MR) is 103 cm³/mol. The SMILES string of the molecule is CC(NC(=O)CSc1nnc(-c2ccc(Cl)cc2)o1)c1ccc(Cl)cc1. The molecule has 0 aliphatic heterocycles. The number of amides is 1. The van der Waals surface area contributed by atoms with E-state index in [2.05, 4.69) is 15.5 Å². The van der Waals surface area contributed by atoms with Crippen LogP contribution in [0.5, 0.6) is 0 Å². The fourth-order valence-corrected chi connectivity index (χ4v) is 3.05. The molecule has 0 fully saturated rings. The van der Waals surface area contributed by atoms with E-state index in [1.807, 2.05) is 19.1 Å². The summed E-state index contributed by atoms with van der Waals surface area (Å²) < 4.78 is 5.57. The van der Waals surface area contributed by atoms with Crippen molar-refractivity contribution in [1.82, 2.24) is 15.5 Å². The second-order valence-electron chi connectivity index (χ2n) is 5.51. The molecule has 134 valence electrons. The van der Waals surface area contributed by atoms with Crippen LogP contribution in [0.25, 0.3) is 11.5 Å². The second kappa shape index (κ2) is 8.58. The number of rotatable bonds is 6. The molecular weight excluding hydrogens is 393 g/mol. The summed E-state index contributed by atoms with van der Waals surface area (Å²) in [6.07, 6.45) is 0. The average molecular weight is 408 g/mol. The van der Waals surface area contributed by atoms with Gasteiger partial charge in [0, 0.05) is 15.6 Å². The van der Waals surface area contributed by atoms with Crippen LogP contribution in [0, 0.1) is 0 Å².